The van der Waals surface area contributed by atoms with Gasteiger partial charge in [-0.1, -0.05) is 60.9 Å². The molecule has 2 radical (unpaired) electrons. The van der Waals surface area contributed by atoms with Crippen LogP contribution in [-0.4, -0.2) is 15.4 Å². The Balaban J connectivity index is 2.18. The summed E-state index contributed by atoms with van der Waals surface area (Å²) < 4.78 is 37.8. The summed E-state index contributed by atoms with van der Waals surface area (Å²) in [6, 6.07) is 6.43. The zero-order valence-corrected chi connectivity index (χ0v) is 14.4. The number of rotatable bonds is 10. The first kappa shape index (κ1) is 19.3. The third-order valence-electron chi connectivity index (χ3n) is 3.29. The summed E-state index contributed by atoms with van der Waals surface area (Å²) >= 11 is 5.61. The molecule has 0 aromatic heterocycles. The molecule has 0 bridgehead atoms. The van der Waals surface area contributed by atoms with Gasteiger partial charge in [0.2, 0.25) is 0 Å². The second-order valence-corrected chi connectivity index (χ2v) is 6.89. The maximum absolute atomic E-state index is 12.6. The Morgan fingerprint density at radius 3 is 2.45 bits per heavy atom. The highest BCUT2D eigenvalue weighted by molar-refractivity contribution is 6.53. The van der Waals surface area contributed by atoms with E-state index in [2.05, 4.69) is 12.2 Å². The van der Waals surface area contributed by atoms with Gasteiger partial charge in [0, 0.05) is 5.88 Å². The first-order chi connectivity index (χ1) is 10.5. The summed E-state index contributed by atoms with van der Waals surface area (Å²) in [6.45, 7) is 0. The van der Waals surface area contributed by atoms with Gasteiger partial charge in [0.15, 0.2) is 0 Å². The first-order valence-corrected chi connectivity index (χ1v) is 9.40. The normalized spacial score (nSPS) is 12.2. The van der Waals surface area contributed by atoms with E-state index in [9.17, 15) is 13.2 Å². The molecule has 1 aromatic carbocycles. The lowest BCUT2D eigenvalue weighted by Gasteiger charge is -2.07. The Bertz CT molecular complexity index is 444. The van der Waals surface area contributed by atoms with Crippen LogP contribution < -0.4 is 5.19 Å². The lowest BCUT2D eigenvalue weighted by molar-refractivity contribution is -0.137. The molecular formula is C17H22ClF3Si. The van der Waals surface area contributed by atoms with Crippen LogP contribution in [0.5, 0.6) is 0 Å². The molecule has 0 aliphatic heterocycles. The zero-order valence-electron chi connectivity index (χ0n) is 12.6. The van der Waals surface area contributed by atoms with Gasteiger partial charge in [-0.15, -0.1) is 11.6 Å². The molecule has 22 heavy (non-hydrogen) atoms. The molecule has 0 amide bonds. The van der Waals surface area contributed by atoms with E-state index in [1.54, 1.807) is 6.07 Å². The minimum absolute atomic E-state index is 0.391. The third-order valence-corrected chi connectivity index (χ3v) is 4.71. The Hall–Kier alpha value is -0.743. The van der Waals surface area contributed by atoms with Gasteiger partial charge >= 0.3 is 6.18 Å². The van der Waals surface area contributed by atoms with Crippen molar-refractivity contribution in [2.24, 2.45) is 0 Å². The highest BCUT2D eigenvalue weighted by atomic mass is 35.5. The Morgan fingerprint density at radius 1 is 1.00 bits per heavy atom. The van der Waals surface area contributed by atoms with Gasteiger partial charge in [-0.25, -0.2) is 0 Å². The van der Waals surface area contributed by atoms with E-state index in [1.807, 2.05) is 0 Å². The summed E-state index contributed by atoms with van der Waals surface area (Å²) in [5.74, 6) is 0.746. The van der Waals surface area contributed by atoms with Crippen LogP contribution in [0.4, 0.5) is 13.2 Å². The largest absolute Gasteiger partial charge is 0.416 e. The van der Waals surface area contributed by atoms with E-state index >= 15 is 0 Å². The van der Waals surface area contributed by atoms with Gasteiger partial charge in [-0.05, 0) is 25.3 Å². The lowest BCUT2D eigenvalue weighted by atomic mass is 10.1. The molecule has 1 aromatic rings. The second kappa shape index (κ2) is 10.9. The molecule has 0 aliphatic carbocycles. The number of unbranched alkanes of at least 4 members (excludes halogenated alkanes) is 5. The van der Waals surface area contributed by atoms with E-state index in [-0.39, 0.29) is 0 Å². The van der Waals surface area contributed by atoms with Crippen LogP contribution in [-0.2, 0) is 6.18 Å². The van der Waals surface area contributed by atoms with Crippen molar-refractivity contribution in [3.8, 4) is 0 Å². The molecule has 0 atom stereocenters. The first-order valence-electron chi connectivity index (χ1n) is 7.66. The molecule has 122 valence electrons. The molecule has 0 unspecified atom stereocenters. The lowest BCUT2D eigenvalue weighted by Crippen LogP contribution is -2.16. The predicted molar refractivity (Wildman–Crippen MR) is 89.2 cm³/mol. The number of hydrogen-bond acceptors (Lipinski definition) is 0. The van der Waals surface area contributed by atoms with E-state index in [1.165, 1.54) is 37.8 Å². The van der Waals surface area contributed by atoms with Crippen molar-refractivity contribution in [2.45, 2.75) is 50.7 Å². The van der Waals surface area contributed by atoms with Crippen LogP contribution in [0.1, 0.15) is 44.1 Å². The number of alkyl halides is 4. The molecule has 5 heteroatoms. The Kier molecular flexibility index (Phi) is 9.56. The summed E-state index contributed by atoms with van der Waals surface area (Å²) in [7, 11) is 0.391. The molecule has 0 aliphatic rings. The maximum atomic E-state index is 12.6. The van der Waals surface area contributed by atoms with E-state index in [4.69, 9.17) is 11.6 Å². The van der Waals surface area contributed by atoms with Gasteiger partial charge in [0.25, 0.3) is 0 Å². The average Bonchev–Trinajstić information content (AvgIpc) is 2.49. The van der Waals surface area contributed by atoms with E-state index in [0.29, 0.717) is 9.52 Å². The predicted octanol–water partition coefficient (Wildman–Crippen LogP) is 5.59. The molecule has 0 saturated carbocycles. The standard InChI is InChI=1S/C17H22ClF3Si/c18-12-7-5-3-1-2-4-6-8-13-22-16-11-9-10-15(14-16)17(19,20)21/h6,8-11,14H,1-5,7,12-13H2. The fraction of sp³-hybridized carbons (Fsp3) is 0.529. The SMILES string of the molecule is FC(F)(F)c1cccc([Si]CC=CCCCCCCCCl)c1. The topological polar surface area (TPSA) is 0 Å². The van der Waals surface area contributed by atoms with Gasteiger partial charge in [0.05, 0.1) is 15.1 Å². The van der Waals surface area contributed by atoms with Gasteiger partial charge < -0.3 is 0 Å². The fourth-order valence-electron chi connectivity index (χ4n) is 2.07. The van der Waals surface area contributed by atoms with Crippen LogP contribution in [0.25, 0.3) is 0 Å². The highest BCUT2D eigenvalue weighted by Crippen LogP contribution is 2.28. The summed E-state index contributed by atoms with van der Waals surface area (Å²) in [5, 5.41) is 0.764. The monoisotopic (exact) mass is 346 g/mol. The van der Waals surface area contributed by atoms with Gasteiger partial charge in [-0.2, -0.15) is 13.2 Å². The molecule has 0 nitrogen and oxygen atoms in total. The maximum Gasteiger partial charge on any atom is 0.416 e. The Morgan fingerprint density at radius 2 is 1.73 bits per heavy atom. The van der Waals surface area contributed by atoms with Crippen molar-refractivity contribution in [1.82, 2.24) is 0 Å². The molecule has 0 heterocycles. The third kappa shape index (κ3) is 8.64. The van der Waals surface area contributed by atoms with Crippen LogP contribution in [0, 0.1) is 0 Å². The van der Waals surface area contributed by atoms with Crippen molar-refractivity contribution in [1.29, 1.82) is 0 Å². The molecular weight excluding hydrogens is 325 g/mol. The fourth-order valence-corrected chi connectivity index (χ4v) is 3.25. The van der Waals surface area contributed by atoms with E-state index < -0.39 is 11.7 Å². The number of allylic oxidation sites excluding steroid dienone is 2. The van der Waals surface area contributed by atoms with Gasteiger partial charge in [-0.3, -0.25) is 0 Å². The van der Waals surface area contributed by atoms with Crippen LogP contribution in [0.2, 0.25) is 6.04 Å². The summed E-state index contributed by atoms with van der Waals surface area (Å²) in [5.41, 5.74) is -0.557. The van der Waals surface area contributed by atoms with Crippen LogP contribution >= 0.6 is 11.6 Å². The molecule has 0 fully saturated rings. The zero-order chi connectivity index (χ0) is 16.3. The smallest absolute Gasteiger partial charge is 0.166 e. The van der Waals surface area contributed by atoms with Crippen LogP contribution in [0.3, 0.4) is 0 Å². The van der Waals surface area contributed by atoms with Crippen molar-refractivity contribution >= 4 is 26.3 Å². The minimum atomic E-state index is -4.25. The second-order valence-electron chi connectivity index (χ2n) is 5.18. The van der Waals surface area contributed by atoms with Crippen molar-refractivity contribution in [3.05, 3.63) is 42.0 Å². The molecule has 0 saturated heterocycles. The van der Waals surface area contributed by atoms with Crippen LogP contribution in [0.15, 0.2) is 36.4 Å². The molecule has 1 rings (SSSR count). The minimum Gasteiger partial charge on any atom is -0.166 e. The molecule has 0 N–H and O–H groups in total. The van der Waals surface area contributed by atoms with Crippen molar-refractivity contribution in [2.75, 3.05) is 5.88 Å². The highest BCUT2D eigenvalue weighted by Gasteiger charge is 2.30. The average molecular weight is 347 g/mol. The summed E-state index contributed by atoms with van der Waals surface area (Å²) in [4.78, 5) is 0. The quantitative estimate of drug-likeness (QED) is 0.224. The molecule has 0 spiro atoms. The summed E-state index contributed by atoms with van der Waals surface area (Å²) in [6.07, 6.45) is 6.93. The van der Waals surface area contributed by atoms with Gasteiger partial charge in [0.1, 0.15) is 0 Å². The van der Waals surface area contributed by atoms with Crippen molar-refractivity contribution in [3.63, 3.8) is 0 Å². The van der Waals surface area contributed by atoms with Crippen molar-refractivity contribution < 1.29 is 13.2 Å². The number of hydrogen-bond donors (Lipinski definition) is 0. The Labute approximate surface area is 138 Å². The number of benzene rings is 1. The number of halogens is 4. The van der Waals surface area contributed by atoms with E-state index in [0.717, 1.165) is 36.0 Å².